The van der Waals surface area contributed by atoms with Gasteiger partial charge in [0, 0.05) is 24.3 Å². The topological polar surface area (TPSA) is 70.6 Å². The Balaban J connectivity index is 1.81. The fraction of sp³-hybridized carbons (Fsp3) is 0.438. The summed E-state index contributed by atoms with van der Waals surface area (Å²) in [5.74, 6) is 0.920. The zero-order chi connectivity index (χ0) is 15.2. The van der Waals surface area contributed by atoms with E-state index < -0.39 is 0 Å². The number of ether oxygens (including phenoxy) is 1. The maximum atomic E-state index is 11.9. The van der Waals surface area contributed by atoms with Gasteiger partial charge in [0.25, 0.3) is 0 Å². The lowest BCUT2D eigenvalue weighted by atomic mass is 10.1. The summed E-state index contributed by atoms with van der Waals surface area (Å²) in [5, 5.41) is 14.7. The van der Waals surface area contributed by atoms with Crippen LogP contribution in [0.25, 0.3) is 0 Å². The minimum absolute atomic E-state index is 0.0225. The summed E-state index contributed by atoms with van der Waals surface area (Å²) in [6.45, 7) is 4.05. The number of aliphatic hydroxyl groups excluding tert-OH is 1. The minimum atomic E-state index is -0.249. The Hall–Kier alpha value is -2.01. The van der Waals surface area contributed by atoms with Gasteiger partial charge in [0.15, 0.2) is 0 Å². The molecule has 0 bridgehead atoms. The van der Waals surface area contributed by atoms with Crippen molar-refractivity contribution in [3.8, 4) is 5.75 Å². The summed E-state index contributed by atoms with van der Waals surface area (Å²) in [7, 11) is 0. The fourth-order valence-corrected chi connectivity index (χ4v) is 2.24. The molecular formula is C16H22N2O3. The maximum absolute atomic E-state index is 11.9. The van der Waals surface area contributed by atoms with Gasteiger partial charge in [0.1, 0.15) is 5.75 Å². The molecule has 1 aromatic rings. The Morgan fingerprint density at radius 2 is 2.05 bits per heavy atom. The van der Waals surface area contributed by atoms with E-state index in [-0.39, 0.29) is 30.7 Å². The van der Waals surface area contributed by atoms with Crippen molar-refractivity contribution in [1.82, 2.24) is 5.32 Å². The van der Waals surface area contributed by atoms with Crippen LogP contribution in [0.4, 0.5) is 10.5 Å². The number of carbonyl (C=O) groups excluding carboxylic acids is 1. The molecule has 0 saturated carbocycles. The van der Waals surface area contributed by atoms with Crippen molar-refractivity contribution in [2.75, 3.05) is 11.9 Å². The van der Waals surface area contributed by atoms with Gasteiger partial charge in [-0.25, -0.2) is 4.79 Å². The third kappa shape index (κ3) is 4.79. The van der Waals surface area contributed by atoms with E-state index in [0.29, 0.717) is 5.69 Å². The quantitative estimate of drug-likeness (QED) is 0.730. The molecule has 0 saturated heterocycles. The third-order valence-corrected chi connectivity index (χ3v) is 3.21. The molecule has 5 nitrogen and oxygen atoms in total. The minimum Gasteiger partial charge on any atom is -0.491 e. The molecule has 2 atom stereocenters. The molecule has 2 amide bonds. The zero-order valence-electron chi connectivity index (χ0n) is 12.4. The Morgan fingerprint density at radius 1 is 1.33 bits per heavy atom. The number of nitrogens with one attached hydrogen (secondary N) is 2. The highest BCUT2D eigenvalue weighted by Gasteiger charge is 2.19. The predicted molar refractivity (Wildman–Crippen MR) is 82.5 cm³/mol. The Bertz CT molecular complexity index is 497. The van der Waals surface area contributed by atoms with Crippen LogP contribution in [0.5, 0.6) is 5.75 Å². The molecule has 0 spiro atoms. The van der Waals surface area contributed by atoms with E-state index in [2.05, 4.69) is 10.6 Å². The van der Waals surface area contributed by atoms with E-state index in [9.17, 15) is 4.79 Å². The standard InChI is InChI=1S/C16H22N2O3/c1-11(2)21-15-7-5-13(6-8-15)17-16(20)18-14-4-3-12(9-14)10-19/h3-8,11-12,14,19H,9-10H2,1-2H3,(H2,17,18,20)/t12-,14+/m0/s1. The molecule has 0 aromatic heterocycles. The first kappa shape index (κ1) is 15.4. The number of anilines is 1. The molecule has 1 aliphatic rings. The van der Waals surface area contributed by atoms with Gasteiger partial charge in [-0.2, -0.15) is 0 Å². The molecule has 0 heterocycles. The molecule has 0 radical (unpaired) electrons. The van der Waals surface area contributed by atoms with Crippen LogP contribution in [-0.4, -0.2) is 29.9 Å². The number of amides is 2. The van der Waals surface area contributed by atoms with E-state index in [1.54, 1.807) is 12.1 Å². The molecule has 2 rings (SSSR count). The maximum Gasteiger partial charge on any atom is 0.319 e. The molecule has 1 aliphatic carbocycles. The third-order valence-electron chi connectivity index (χ3n) is 3.21. The van der Waals surface area contributed by atoms with Crippen LogP contribution in [0.15, 0.2) is 36.4 Å². The van der Waals surface area contributed by atoms with Gasteiger partial charge in [-0.15, -0.1) is 0 Å². The highest BCUT2D eigenvalue weighted by Crippen LogP contribution is 2.18. The SMILES string of the molecule is CC(C)Oc1ccc(NC(=O)N[C@@H]2C=C[C@H](CO)C2)cc1. The molecule has 0 aliphatic heterocycles. The van der Waals surface area contributed by atoms with Crippen LogP contribution >= 0.6 is 0 Å². The van der Waals surface area contributed by atoms with Crippen LogP contribution in [0.1, 0.15) is 20.3 Å². The molecule has 5 heteroatoms. The molecule has 1 aromatic carbocycles. The van der Waals surface area contributed by atoms with E-state index in [4.69, 9.17) is 9.84 Å². The predicted octanol–water partition coefficient (Wildman–Crippen LogP) is 2.53. The van der Waals surface area contributed by atoms with Crippen molar-refractivity contribution in [2.45, 2.75) is 32.4 Å². The summed E-state index contributed by atoms with van der Waals surface area (Å²) >= 11 is 0. The first-order chi connectivity index (χ1) is 10.1. The molecule has 114 valence electrons. The first-order valence-corrected chi connectivity index (χ1v) is 7.20. The Labute approximate surface area is 125 Å². The second kappa shape index (κ2) is 7.13. The van der Waals surface area contributed by atoms with Crippen LogP contribution in [-0.2, 0) is 0 Å². The number of benzene rings is 1. The largest absolute Gasteiger partial charge is 0.491 e. The summed E-state index contributed by atoms with van der Waals surface area (Å²) in [6, 6.07) is 6.99. The fourth-order valence-electron chi connectivity index (χ4n) is 2.24. The van der Waals surface area contributed by atoms with E-state index >= 15 is 0 Å². The summed E-state index contributed by atoms with van der Waals surface area (Å²) < 4.78 is 5.54. The molecule has 3 N–H and O–H groups in total. The average molecular weight is 290 g/mol. The van der Waals surface area contributed by atoms with E-state index in [1.807, 2.05) is 38.1 Å². The number of urea groups is 1. The van der Waals surface area contributed by atoms with Gasteiger partial charge in [0.2, 0.25) is 0 Å². The van der Waals surface area contributed by atoms with Gasteiger partial charge in [-0.1, -0.05) is 12.2 Å². The highest BCUT2D eigenvalue weighted by atomic mass is 16.5. The summed E-state index contributed by atoms with van der Waals surface area (Å²) in [6.07, 6.45) is 4.72. The van der Waals surface area contributed by atoms with E-state index in [0.717, 1.165) is 12.2 Å². The number of hydrogen-bond acceptors (Lipinski definition) is 3. The monoisotopic (exact) mass is 290 g/mol. The van der Waals surface area contributed by atoms with Gasteiger partial charge in [-0.3, -0.25) is 0 Å². The van der Waals surface area contributed by atoms with Crippen molar-refractivity contribution < 1.29 is 14.6 Å². The molecule has 21 heavy (non-hydrogen) atoms. The molecular weight excluding hydrogens is 268 g/mol. The number of aliphatic hydroxyl groups is 1. The van der Waals surface area contributed by atoms with Crippen LogP contribution < -0.4 is 15.4 Å². The lowest BCUT2D eigenvalue weighted by Crippen LogP contribution is -2.36. The Kier molecular flexibility index (Phi) is 5.22. The number of carbonyl (C=O) groups is 1. The van der Waals surface area contributed by atoms with Crippen molar-refractivity contribution >= 4 is 11.7 Å². The van der Waals surface area contributed by atoms with Crippen LogP contribution in [0.3, 0.4) is 0 Å². The normalized spacial score (nSPS) is 20.6. The zero-order valence-corrected chi connectivity index (χ0v) is 12.4. The second-order valence-corrected chi connectivity index (χ2v) is 5.46. The van der Waals surface area contributed by atoms with Crippen LogP contribution in [0.2, 0.25) is 0 Å². The average Bonchev–Trinajstić information content (AvgIpc) is 2.88. The number of rotatable bonds is 5. The van der Waals surface area contributed by atoms with E-state index in [1.165, 1.54) is 0 Å². The van der Waals surface area contributed by atoms with Crippen molar-refractivity contribution in [1.29, 1.82) is 0 Å². The molecule has 0 fully saturated rings. The van der Waals surface area contributed by atoms with Gasteiger partial charge >= 0.3 is 6.03 Å². The second-order valence-electron chi connectivity index (χ2n) is 5.46. The van der Waals surface area contributed by atoms with Crippen molar-refractivity contribution in [3.63, 3.8) is 0 Å². The highest BCUT2D eigenvalue weighted by molar-refractivity contribution is 5.89. The first-order valence-electron chi connectivity index (χ1n) is 7.20. The van der Waals surface area contributed by atoms with Gasteiger partial charge < -0.3 is 20.5 Å². The lowest BCUT2D eigenvalue weighted by Gasteiger charge is -2.14. The van der Waals surface area contributed by atoms with Crippen LogP contribution in [0, 0.1) is 5.92 Å². The van der Waals surface area contributed by atoms with Crippen molar-refractivity contribution in [2.24, 2.45) is 5.92 Å². The summed E-state index contributed by atoms with van der Waals surface area (Å²) in [5.41, 5.74) is 0.712. The smallest absolute Gasteiger partial charge is 0.319 e. The lowest BCUT2D eigenvalue weighted by molar-refractivity contribution is 0.238. The Morgan fingerprint density at radius 3 is 2.62 bits per heavy atom. The van der Waals surface area contributed by atoms with Gasteiger partial charge in [0.05, 0.1) is 6.10 Å². The van der Waals surface area contributed by atoms with Gasteiger partial charge in [-0.05, 0) is 44.5 Å². The summed E-state index contributed by atoms with van der Waals surface area (Å²) in [4.78, 5) is 11.9. The molecule has 0 unspecified atom stereocenters. The number of hydrogen-bond donors (Lipinski definition) is 3. The van der Waals surface area contributed by atoms with Crippen molar-refractivity contribution in [3.05, 3.63) is 36.4 Å².